The van der Waals surface area contributed by atoms with E-state index in [2.05, 4.69) is 51.3 Å². The normalized spacial score (nSPS) is 18.7. The Hall–Kier alpha value is -1.30. The predicted molar refractivity (Wildman–Crippen MR) is 115 cm³/mol. The maximum atomic E-state index is 4.99. The molecule has 3 nitrogen and oxygen atoms in total. The summed E-state index contributed by atoms with van der Waals surface area (Å²) in [5.41, 5.74) is 2.61. The molecule has 3 aromatic rings. The van der Waals surface area contributed by atoms with E-state index < -0.39 is 0 Å². The number of fused-ring (bicyclic) bond motifs is 2. The Labute approximate surface area is 173 Å². The Morgan fingerprint density at radius 2 is 2.00 bits per heavy atom. The molecule has 0 amide bonds. The van der Waals surface area contributed by atoms with Crippen molar-refractivity contribution in [1.82, 2.24) is 14.9 Å². The van der Waals surface area contributed by atoms with Gasteiger partial charge in [0.1, 0.15) is 5.82 Å². The van der Waals surface area contributed by atoms with Gasteiger partial charge in [0.2, 0.25) is 0 Å². The summed E-state index contributed by atoms with van der Waals surface area (Å²) in [6.45, 7) is 3.03. The molecule has 1 aliphatic heterocycles. The van der Waals surface area contributed by atoms with Crippen molar-refractivity contribution >= 4 is 37.4 Å². The number of hydrogen-bond acceptors (Lipinski definition) is 4. The van der Waals surface area contributed by atoms with Crippen LogP contribution in [0.2, 0.25) is 0 Å². The highest BCUT2D eigenvalue weighted by atomic mass is 79.9. The molecular weight excluding hydrogens is 418 g/mol. The fourth-order valence-electron chi connectivity index (χ4n) is 4.45. The second-order valence-corrected chi connectivity index (χ2v) is 9.76. The molecule has 0 saturated heterocycles. The van der Waals surface area contributed by atoms with Gasteiger partial charge in [-0.15, -0.1) is 11.3 Å². The molecule has 3 heterocycles. The van der Waals surface area contributed by atoms with Crippen LogP contribution < -0.4 is 0 Å². The molecule has 1 fully saturated rings. The molecule has 0 atom stereocenters. The van der Waals surface area contributed by atoms with E-state index in [0.717, 1.165) is 31.9 Å². The maximum Gasteiger partial charge on any atom is 0.131 e. The third kappa shape index (κ3) is 3.57. The third-order valence-corrected chi connectivity index (χ3v) is 8.29. The van der Waals surface area contributed by atoms with Gasteiger partial charge in [-0.3, -0.25) is 4.90 Å². The minimum absolute atomic E-state index is 0.594. The summed E-state index contributed by atoms with van der Waals surface area (Å²) in [5.74, 6) is 1.70. The lowest BCUT2D eigenvalue weighted by Gasteiger charge is -2.28. The van der Waals surface area contributed by atoms with Crippen LogP contribution >= 0.6 is 27.3 Å². The van der Waals surface area contributed by atoms with Crippen LogP contribution in [0, 0.1) is 0 Å². The molecule has 0 N–H and O–H groups in total. The minimum atomic E-state index is 0.594. The van der Waals surface area contributed by atoms with Crippen LogP contribution in [0.4, 0.5) is 0 Å². The summed E-state index contributed by atoms with van der Waals surface area (Å²) >= 11 is 5.72. The Bertz CT molecular complexity index is 961. The Morgan fingerprint density at radius 3 is 2.85 bits per heavy atom. The highest BCUT2D eigenvalue weighted by Gasteiger charge is 2.23. The lowest BCUT2D eigenvalue weighted by atomic mass is 9.88. The number of benzene rings is 1. The lowest BCUT2D eigenvalue weighted by molar-refractivity contribution is 0.244. The average molecular weight is 442 g/mol. The monoisotopic (exact) mass is 441 g/mol. The largest absolute Gasteiger partial charge is 0.293 e. The summed E-state index contributed by atoms with van der Waals surface area (Å²) in [5, 5.41) is 1.33. The summed E-state index contributed by atoms with van der Waals surface area (Å²) in [7, 11) is 0. The maximum absolute atomic E-state index is 4.99. The van der Waals surface area contributed by atoms with Gasteiger partial charge >= 0.3 is 0 Å². The average Bonchev–Trinajstić information content (AvgIpc) is 3.04. The zero-order chi connectivity index (χ0) is 18.2. The van der Waals surface area contributed by atoms with Gasteiger partial charge in [0, 0.05) is 68.9 Å². The first-order chi connectivity index (χ1) is 13.3. The van der Waals surface area contributed by atoms with E-state index in [4.69, 9.17) is 9.97 Å². The molecule has 1 aromatic carbocycles. The van der Waals surface area contributed by atoms with Gasteiger partial charge < -0.3 is 0 Å². The topological polar surface area (TPSA) is 29.0 Å². The van der Waals surface area contributed by atoms with Crippen molar-refractivity contribution in [3.63, 3.8) is 0 Å². The van der Waals surface area contributed by atoms with E-state index in [1.807, 2.05) is 11.3 Å². The first-order valence-corrected chi connectivity index (χ1v) is 11.6. The summed E-state index contributed by atoms with van der Waals surface area (Å²) in [4.78, 5) is 13.7. The number of nitrogens with zero attached hydrogens (tertiary/aromatic N) is 3. The highest BCUT2D eigenvalue weighted by molar-refractivity contribution is 9.10. The van der Waals surface area contributed by atoms with Crippen LogP contribution in [0.25, 0.3) is 10.1 Å². The number of rotatable bonds is 3. The van der Waals surface area contributed by atoms with Gasteiger partial charge in [-0.1, -0.05) is 37.5 Å². The molecule has 5 rings (SSSR count). The SMILES string of the molecule is Brc1c(CN2CCc3nc(C4CCCCC4)ncc3C2)sc2ccccc12. The molecule has 0 unspecified atom stereocenters. The van der Waals surface area contributed by atoms with Gasteiger partial charge in [-0.2, -0.15) is 0 Å². The Balaban J connectivity index is 1.32. The molecule has 2 aromatic heterocycles. The Morgan fingerprint density at radius 1 is 1.15 bits per heavy atom. The summed E-state index contributed by atoms with van der Waals surface area (Å²) in [6.07, 6.45) is 9.74. The molecule has 1 saturated carbocycles. The van der Waals surface area contributed by atoms with E-state index in [0.29, 0.717) is 5.92 Å². The molecule has 0 bridgehead atoms. The number of thiophene rings is 1. The third-order valence-electron chi connectivity index (χ3n) is 5.97. The van der Waals surface area contributed by atoms with E-state index in [9.17, 15) is 0 Å². The quantitative estimate of drug-likeness (QED) is 0.494. The summed E-state index contributed by atoms with van der Waals surface area (Å²) < 4.78 is 2.62. The van der Waals surface area contributed by atoms with E-state index in [1.165, 1.54) is 62.8 Å². The highest BCUT2D eigenvalue weighted by Crippen LogP contribution is 2.37. The van der Waals surface area contributed by atoms with Gasteiger partial charge in [-0.05, 0) is 34.8 Å². The van der Waals surface area contributed by atoms with Crippen LogP contribution in [0.15, 0.2) is 34.9 Å². The van der Waals surface area contributed by atoms with Crippen LogP contribution in [-0.2, 0) is 19.5 Å². The summed E-state index contributed by atoms with van der Waals surface area (Å²) in [6, 6.07) is 8.64. The zero-order valence-electron chi connectivity index (χ0n) is 15.5. The smallest absolute Gasteiger partial charge is 0.131 e. The van der Waals surface area contributed by atoms with Gasteiger partial charge in [0.25, 0.3) is 0 Å². The van der Waals surface area contributed by atoms with Crippen molar-refractivity contribution in [2.45, 2.75) is 57.5 Å². The zero-order valence-corrected chi connectivity index (χ0v) is 17.9. The second-order valence-electron chi connectivity index (χ2n) is 7.83. The minimum Gasteiger partial charge on any atom is -0.293 e. The number of hydrogen-bond donors (Lipinski definition) is 0. The van der Waals surface area contributed by atoms with Crippen LogP contribution in [0.3, 0.4) is 0 Å². The van der Waals surface area contributed by atoms with Crippen LogP contribution in [0.5, 0.6) is 0 Å². The van der Waals surface area contributed by atoms with Gasteiger partial charge in [-0.25, -0.2) is 9.97 Å². The molecule has 0 radical (unpaired) electrons. The first-order valence-electron chi connectivity index (χ1n) is 10.0. The molecule has 2 aliphatic rings. The number of halogens is 1. The van der Waals surface area contributed by atoms with Crippen molar-refractivity contribution in [3.8, 4) is 0 Å². The van der Waals surface area contributed by atoms with Crippen LogP contribution in [-0.4, -0.2) is 21.4 Å². The van der Waals surface area contributed by atoms with Gasteiger partial charge in [0.15, 0.2) is 0 Å². The molecular formula is C22H24BrN3S. The second kappa shape index (κ2) is 7.61. The predicted octanol–water partition coefficient (Wildman–Crippen LogP) is 6.06. The molecule has 140 valence electrons. The van der Waals surface area contributed by atoms with Crippen LogP contribution in [0.1, 0.15) is 60.0 Å². The fourth-order valence-corrected chi connectivity index (χ4v) is 6.44. The fraction of sp³-hybridized carbons (Fsp3) is 0.455. The van der Waals surface area contributed by atoms with E-state index >= 15 is 0 Å². The lowest BCUT2D eigenvalue weighted by Crippen LogP contribution is -2.31. The molecule has 27 heavy (non-hydrogen) atoms. The van der Waals surface area contributed by atoms with Gasteiger partial charge in [0.05, 0.1) is 0 Å². The van der Waals surface area contributed by atoms with Crippen molar-refractivity contribution in [2.24, 2.45) is 0 Å². The molecule has 5 heteroatoms. The molecule has 0 spiro atoms. The molecule has 1 aliphatic carbocycles. The van der Waals surface area contributed by atoms with Crippen molar-refractivity contribution in [1.29, 1.82) is 0 Å². The number of aromatic nitrogens is 2. The van der Waals surface area contributed by atoms with E-state index in [-0.39, 0.29) is 0 Å². The van der Waals surface area contributed by atoms with E-state index in [1.54, 1.807) is 0 Å². The standard InChI is InChI=1S/C22H24BrN3S/c23-21-17-8-4-5-9-19(17)27-20(21)14-26-11-10-18-16(13-26)12-24-22(25-18)15-6-2-1-3-7-15/h4-5,8-9,12,15H,1-3,6-7,10-11,13-14H2. The van der Waals surface area contributed by atoms with Crippen molar-refractivity contribution < 1.29 is 0 Å². The van der Waals surface area contributed by atoms with Crippen molar-refractivity contribution in [2.75, 3.05) is 6.54 Å². The Kier molecular flexibility index (Phi) is 5.01. The first kappa shape index (κ1) is 17.8. The van der Waals surface area contributed by atoms with Crippen molar-refractivity contribution in [3.05, 3.63) is 56.9 Å².